The molecule has 2 N–H and O–H groups in total. The van der Waals surface area contributed by atoms with Gasteiger partial charge in [0, 0.05) is 51.2 Å². The summed E-state index contributed by atoms with van der Waals surface area (Å²) >= 11 is 1.67. The Morgan fingerprint density at radius 3 is 2.68 bits per heavy atom. The van der Waals surface area contributed by atoms with E-state index in [1.54, 1.807) is 11.8 Å². The van der Waals surface area contributed by atoms with Gasteiger partial charge in [0.1, 0.15) is 5.82 Å². The molecule has 7 nitrogen and oxygen atoms in total. The lowest BCUT2D eigenvalue weighted by Crippen LogP contribution is -2.45. The maximum atomic E-state index is 4.85. The van der Waals surface area contributed by atoms with Gasteiger partial charge in [0.2, 0.25) is 0 Å². The molecule has 1 atom stereocenters. The van der Waals surface area contributed by atoms with E-state index in [0.717, 1.165) is 62.0 Å². The Morgan fingerprint density at radius 1 is 1.23 bits per heavy atom. The molecule has 3 rings (SSSR count). The minimum atomic E-state index is 0. The third-order valence-electron chi connectivity index (χ3n) is 6.10. The first-order valence-electron chi connectivity index (χ1n) is 11.9. The number of halogens is 1. The monoisotopic (exact) mass is 563 g/mol. The largest absolute Gasteiger partial charge is 0.357 e. The maximum Gasteiger partial charge on any atom is 0.191 e. The fourth-order valence-corrected chi connectivity index (χ4v) is 5.17. The molecule has 1 aromatic rings. The van der Waals surface area contributed by atoms with Gasteiger partial charge in [0.25, 0.3) is 0 Å². The average Bonchev–Trinajstić information content (AvgIpc) is 3.46. The van der Waals surface area contributed by atoms with Gasteiger partial charge in [-0.05, 0) is 44.8 Å². The third kappa shape index (κ3) is 8.07. The molecule has 1 saturated carbocycles. The van der Waals surface area contributed by atoms with Crippen LogP contribution in [0.1, 0.15) is 65.1 Å². The van der Waals surface area contributed by atoms with Crippen LogP contribution in [0, 0.1) is 5.92 Å². The second-order valence-electron chi connectivity index (χ2n) is 9.03. The van der Waals surface area contributed by atoms with Crippen molar-refractivity contribution in [3.05, 3.63) is 5.82 Å². The van der Waals surface area contributed by atoms with Crippen LogP contribution in [0.4, 0.5) is 0 Å². The summed E-state index contributed by atoms with van der Waals surface area (Å²) in [5.41, 5.74) is 0. The van der Waals surface area contributed by atoms with Gasteiger partial charge in [-0.3, -0.25) is 9.89 Å². The standard InChI is InChI=1S/C22H41N7S.HI/c1-5-23-21(25-18-12-14-28(16-18)19-9-6-7-10-19)24-13-8-11-20-26-27-22(30-4)29(20)15-17(2)3;/h17-19H,5-16H2,1-4H3,(H2,23,24,25);1H. The number of hydrogen-bond donors (Lipinski definition) is 2. The van der Waals surface area contributed by atoms with E-state index < -0.39 is 0 Å². The highest BCUT2D eigenvalue weighted by molar-refractivity contribution is 14.0. The first kappa shape index (κ1) is 26.7. The summed E-state index contributed by atoms with van der Waals surface area (Å²) in [4.78, 5) is 7.54. The minimum absolute atomic E-state index is 0. The predicted molar refractivity (Wildman–Crippen MR) is 142 cm³/mol. The molecule has 0 radical (unpaired) electrons. The molecule has 1 aliphatic carbocycles. The molecule has 0 aromatic carbocycles. The first-order valence-corrected chi connectivity index (χ1v) is 13.1. The zero-order valence-corrected chi connectivity index (χ0v) is 22.9. The number of nitrogens with one attached hydrogen (secondary N) is 2. The van der Waals surface area contributed by atoms with E-state index in [-0.39, 0.29) is 24.0 Å². The van der Waals surface area contributed by atoms with Crippen molar-refractivity contribution in [1.82, 2.24) is 30.3 Å². The topological polar surface area (TPSA) is 70.4 Å². The van der Waals surface area contributed by atoms with Crippen molar-refractivity contribution in [3.63, 3.8) is 0 Å². The summed E-state index contributed by atoms with van der Waals surface area (Å²) in [5.74, 6) is 2.64. The average molecular weight is 564 g/mol. The molecule has 0 amide bonds. The first-order chi connectivity index (χ1) is 14.6. The normalized spacial score (nSPS) is 20.4. The molecule has 1 aliphatic heterocycles. The molecule has 9 heteroatoms. The summed E-state index contributed by atoms with van der Waals surface area (Å²) in [7, 11) is 0. The van der Waals surface area contributed by atoms with E-state index in [1.807, 2.05) is 0 Å². The highest BCUT2D eigenvalue weighted by Crippen LogP contribution is 2.26. The van der Waals surface area contributed by atoms with Crippen molar-refractivity contribution >= 4 is 41.7 Å². The zero-order chi connectivity index (χ0) is 21.3. The Balaban J connectivity index is 0.00000341. The quantitative estimate of drug-likeness (QED) is 0.149. The van der Waals surface area contributed by atoms with Crippen molar-refractivity contribution in [1.29, 1.82) is 0 Å². The second kappa shape index (κ2) is 13.9. The van der Waals surface area contributed by atoms with Gasteiger partial charge in [0.15, 0.2) is 11.1 Å². The smallest absolute Gasteiger partial charge is 0.191 e. The molecular formula is C22H42IN7S. The van der Waals surface area contributed by atoms with Crippen LogP contribution in [0.25, 0.3) is 0 Å². The number of aliphatic imine (C=N–C) groups is 1. The van der Waals surface area contributed by atoms with Crippen molar-refractivity contribution in [2.45, 2.75) is 89.5 Å². The van der Waals surface area contributed by atoms with Gasteiger partial charge < -0.3 is 15.2 Å². The molecule has 178 valence electrons. The SMILES string of the molecule is CCNC(=NCCCc1nnc(SC)n1CC(C)C)NC1CCN(C2CCCC2)C1.I. The van der Waals surface area contributed by atoms with Gasteiger partial charge >= 0.3 is 0 Å². The van der Waals surface area contributed by atoms with E-state index in [1.165, 1.54) is 38.6 Å². The van der Waals surface area contributed by atoms with Crippen LogP contribution in [0.3, 0.4) is 0 Å². The lowest BCUT2D eigenvalue weighted by Gasteiger charge is -2.24. The minimum Gasteiger partial charge on any atom is -0.357 e. The van der Waals surface area contributed by atoms with E-state index in [2.05, 4.69) is 57.3 Å². The molecule has 2 fully saturated rings. The summed E-state index contributed by atoms with van der Waals surface area (Å²) < 4.78 is 2.28. The Morgan fingerprint density at radius 2 is 2.00 bits per heavy atom. The fraction of sp³-hybridized carbons (Fsp3) is 0.864. The van der Waals surface area contributed by atoms with Crippen molar-refractivity contribution < 1.29 is 0 Å². The summed E-state index contributed by atoms with van der Waals surface area (Å²) in [6.07, 6.45) is 10.8. The van der Waals surface area contributed by atoms with Crippen LogP contribution in [0.15, 0.2) is 10.1 Å². The molecule has 2 heterocycles. The summed E-state index contributed by atoms with van der Waals surface area (Å²) in [6, 6.07) is 1.34. The van der Waals surface area contributed by atoms with Crippen LogP contribution < -0.4 is 10.6 Å². The summed E-state index contributed by atoms with van der Waals surface area (Å²) in [5, 5.41) is 16.9. The number of hydrogen-bond acceptors (Lipinski definition) is 5. The highest BCUT2D eigenvalue weighted by Gasteiger charge is 2.30. The zero-order valence-electron chi connectivity index (χ0n) is 19.8. The fourth-order valence-electron chi connectivity index (χ4n) is 4.65. The Kier molecular flexibility index (Phi) is 11.9. The lowest BCUT2D eigenvalue weighted by molar-refractivity contribution is 0.242. The molecule has 0 spiro atoms. The summed E-state index contributed by atoms with van der Waals surface area (Å²) in [6.45, 7) is 11.7. The van der Waals surface area contributed by atoms with Gasteiger partial charge in [-0.15, -0.1) is 34.2 Å². The number of rotatable bonds is 10. The number of aryl methyl sites for hydroxylation is 1. The number of thioether (sulfide) groups is 1. The lowest BCUT2D eigenvalue weighted by atomic mass is 10.2. The van der Waals surface area contributed by atoms with Crippen LogP contribution in [-0.2, 0) is 13.0 Å². The molecule has 1 unspecified atom stereocenters. The number of aromatic nitrogens is 3. The van der Waals surface area contributed by atoms with E-state index in [0.29, 0.717) is 12.0 Å². The third-order valence-corrected chi connectivity index (χ3v) is 6.77. The number of likely N-dealkylation sites (tertiary alicyclic amines) is 1. The van der Waals surface area contributed by atoms with Gasteiger partial charge in [-0.25, -0.2) is 0 Å². The van der Waals surface area contributed by atoms with Crippen molar-refractivity contribution in [3.8, 4) is 0 Å². The predicted octanol–water partition coefficient (Wildman–Crippen LogP) is 3.78. The Labute approximate surface area is 210 Å². The van der Waals surface area contributed by atoms with Crippen LogP contribution in [0.2, 0.25) is 0 Å². The van der Waals surface area contributed by atoms with E-state index in [9.17, 15) is 0 Å². The molecule has 1 saturated heterocycles. The maximum absolute atomic E-state index is 4.85. The van der Waals surface area contributed by atoms with Crippen LogP contribution in [0.5, 0.6) is 0 Å². The van der Waals surface area contributed by atoms with E-state index in [4.69, 9.17) is 4.99 Å². The Hall–Kier alpha value is -0.550. The molecule has 1 aromatic heterocycles. The second-order valence-corrected chi connectivity index (χ2v) is 9.81. The van der Waals surface area contributed by atoms with Gasteiger partial charge in [0.05, 0.1) is 0 Å². The number of guanidine groups is 1. The molecular weight excluding hydrogens is 521 g/mol. The molecule has 31 heavy (non-hydrogen) atoms. The van der Waals surface area contributed by atoms with Crippen LogP contribution in [-0.4, -0.2) is 70.1 Å². The van der Waals surface area contributed by atoms with Crippen LogP contribution >= 0.6 is 35.7 Å². The van der Waals surface area contributed by atoms with Gasteiger partial charge in [-0.2, -0.15) is 0 Å². The Bertz CT molecular complexity index is 673. The molecule has 0 bridgehead atoms. The van der Waals surface area contributed by atoms with E-state index >= 15 is 0 Å². The van der Waals surface area contributed by atoms with Gasteiger partial charge in [-0.1, -0.05) is 38.5 Å². The van der Waals surface area contributed by atoms with Crippen molar-refractivity contribution in [2.75, 3.05) is 32.4 Å². The molecule has 2 aliphatic rings. The number of nitrogens with zero attached hydrogens (tertiary/aromatic N) is 5. The van der Waals surface area contributed by atoms with Crippen molar-refractivity contribution in [2.24, 2.45) is 10.9 Å². The highest BCUT2D eigenvalue weighted by atomic mass is 127.